The molecule has 16 heavy (non-hydrogen) atoms. The van der Waals surface area contributed by atoms with Gasteiger partial charge in [-0.25, -0.2) is 9.97 Å². The van der Waals surface area contributed by atoms with Crippen molar-refractivity contribution < 1.29 is 0 Å². The van der Waals surface area contributed by atoms with E-state index in [1.165, 1.54) is 6.33 Å². The molecule has 0 saturated carbocycles. The lowest BCUT2D eigenvalue weighted by atomic mass is 10.3. The van der Waals surface area contributed by atoms with E-state index in [-0.39, 0.29) is 0 Å². The molecule has 2 atom stereocenters. The fraction of sp³-hybridized carbons (Fsp3) is 0.600. The normalized spacial score (nSPS) is 25.8. The number of nitrogens with zero attached hydrogens (tertiary/aromatic N) is 3. The highest BCUT2D eigenvalue weighted by atomic mass is 79.9. The van der Waals surface area contributed by atoms with Gasteiger partial charge in [0.1, 0.15) is 22.4 Å². The van der Waals surface area contributed by atoms with Gasteiger partial charge in [0, 0.05) is 23.6 Å². The molecule has 2 rings (SSSR count). The summed E-state index contributed by atoms with van der Waals surface area (Å²) < 4.78 is 0.807. The first-order chi connectivity index (χ1) is 7.58. The number of halogens is 1. The second-order valence-corrected chi connectivity index (χ2v) is 6.73. The van der Waals surface area contributed by atoms with Crippen molar-refractivity contribution in [3.8, 4) is 0 Å². The Kier molecular flexibility index (Phi) is 3.59. The quantitative estimate of drug-likeness (QED) is 0.861. The number of thioether (sulfide) groups is 1. The Morgan fingerprint density at radius 2 is 2.00 bits per heavy atom. The molecule has 0 aliphatic carbocycles. The zero-order valence-corrected chi connectivity index (χ0v) is 11.8. The fourth-order valence-corrected chi connectivity index (χ4v) is 3.73. The van der Waals surface area contributed by atoms with Gasteiger partial charge in [0.15, 0.2) is 0 Å². The third-order valence-corrected chi connectivity index (χ3v) is 4.51. The van der Waals surface area contributed by atoms with Crippen molar-refractivity contribution in [2.75, 3.05) is 23.7 Å². The summed E-state index contributed by atoms with van der Waals surface area (Å²) in [4.78, 5) is 10.5. The standard InChI is InChI=1S/C10H15BrN4S/c1-6-3-15(4-7(2)16-6)10-8(11)9(12)13-5-14-10/h5-7H,3-4H2,1-2H3,(H2,12,13,14). The molecule has 2 N–H and O–H groups in total. The number of hydrogen-bond donors (Lipinski definition) is 1. The third-order valence-electron chi connectivity index (χ3n) is 2.52. The Labute approximate surface area is 108 Å². The first-order valence-electron chi connectivity index (χ1n) is 5.24. The molecule has 4 nitrogen and oxygen atoms in total. The lowest BCUT2D eigenvalue weighted by Crippen LogP contribution is -2.41. The van der Waals surface area contributed by atoms with Crippen LogP contribution in [0.15, 0.2) is 10.8 Å². The van der Waals surface area contributed by atoms with Crippen LogP contribution in [-0.2, 0) is 0 Å². The van der Waals surface area contributed by atoms with E-state index in [0.717, 1.165) is 23.4 Å². The van der Waals surface area contributed by atoms with Crippen LogP contribution in [0.3, 0.4) is 0 Å². The van der Waals surface area contributed by atoms with Crippen molar-refractivity contribution in [2.45, 2.75) is 24.3 Å². The van der Waals surface area contributed by atoms with E-state index in [1.54, 1.807) is 0 Å². The third kappa shape index (κ3) is 2.43. The molecular weight excluding hydrogens is 288 g/mol. The maximum Gasteiger partial charge on any atom is 0.148 e. The van der Waals surface area contributed by atoms with Crippen LogP contribution >= 0.6 is 27.7 Å². The smallest absolute Gasteiger partial charge is 0.148 e. The molecule has 0 aromatic carbocycles. The lowest BCUT2D eigenvalue weighted by molar-refractivity contribution is 0.715. The Bertz CT molecular complexity index is 377. The highest BCUT2D eigenvalue weighted by molar-refractivity contribution is 9.10. The molecule has 88 valence electrons. The van der Waals surface area contributed by atoms with Crippen LogP contribution < -0.4 is 10.6 Å². The number of aromatic nitrogens is 2. The molecule has 0 radical (unpaired) electrons. The molecule has 1 aliphatic rings. The molecule has 1 aliphatic heterocycles. The molecule has 1 aromatic rings. The van der Waals surface area contributed by atoms with Crippen LogP contribution in [0.2, 0.25) is 0 Å². The maximum atomic E-state index is 5.77. The van der Waals surface area contributed by atoms with Gasteiger partial charge in [0.2, 0.25) is 0 Å². The number of nitrogens with two attached hydrogens (primary N) is 1. The molecule has 1 aromatic heterocycles. The van der Waals surface area contributed by atoms with Gasteiger partial charge in [0.25, 0.3) is 0 Å². The average Bonchev–Trinajstić information content (AvgIpc) is 2.20. The first kappa shape index (κ1) is 12.0. The predicted octanol–water partition coefficient (Wildman–Crippen LogP) is 2.15. The summed E-state index contributed by atoms with van der Waals surface area (Å²) in [6, 6.07) is 0. The van der Waals surface area contributed by atoms with Crippen molar-refractivity contribution in [1.82, 2.24) is 9.97 Å². The molecule has 0 amide bonds. The van der Waals surface area contributed by atoms with Gasteiger partial charge < -0.3 is 10.6 Å². The van der Waals surface area contributed by atoms with Crippen molar-refractivity contribution in [3.05, 3.63) is 10.8 Å². The summed E-state index contributed by atoms with van der Waals surface area (Å²) in [6.45, 7) is 6.49. The van der Waals surface area contributed by atoms with Crippen LogP contribution in [0.25, 0.3) is 0 Å². The van der Waals surface area contributed by atoms with Gasteiger partial charge in [-0.15, -0.1) is 0 Å². The molecule has 1 fully saturated rings. The highest BCUT2D eigenvalue weighted by Crippen LogP contribution is 2.32. The van der Waals surface area contributed by atoms with Gasteiger partial charge >= 0.3 is 0 Å². The van der Waals surface area contributed by atoms with E-state index >= 15 is 0 Å². The van der Waals surface area contributed by atoms with E-state index in [2.05, 4.69) is 44.6 Å². The van der Waals surface area contributed by atoms with E-state index < -0.39 is 0 Å². The van der Waals surface area contributed by atoms with Crippen molar-refractivity contribution in [3.63, 3.8) is 0 Å². The summed E-state index contributed by atoms with van der Waals surface area (Å²) in [5.41, 5.74) is 5.77. The number of nitrogen functional groups attached to an aromatic ring is 1. The van der Waals surface area contributed by atoms with E-state index in [0.29, 0.717) is 16.3 Å². The van der Waals surface area contributed by atoms with Crippen molar-refractivity contribution >= 4 is 39.3 Å². The number of anilines is 2. The zero-order chi connectivity index (χ0) is 11.7. The van der Waals surface area contributed by atoms with Gasteiger partial charge in [-0.05, 0) is 15.9 Å². The topological polar surface area (TPSA) is 55.0 Å². The van der Waals surface area contributed by atoms with Crippen LogP contribution in [0.5, 0.6) is 0 Å². The number of rotatable bonds is 1. The van der Waals surface area contributed by atoms with E-state index in [9.17, 15) is 0 Å². The Morgan fingerprint density at radius 3 is 2.62 bits per heavy atom. The average molecular weight is 303 g/mol. The predicted molar refractivity (Wildman–Crippen MR) is 72.9 cm³/mol. The number of hydrogen-bond acceptors (Lipinski definition) is 5. The Balaban J connectivity index is 2.26. The van der Waals surface area contributed by atoms with Crippen LogP contribution in [0.1, 0.15) is 13.8 Å². The fourth-order valence-electron chi connectivity index (χ4n) is 1.94. The van der Waals surface area contributed by atoms with Crippen LogP contribution in [0, 0.1) is 0 Å². The monoisotopic (exact) mass is 302 g/mol. The second kappa shape index (κ2) is 4.79. The van der Waals surface area contributed by atoms with Gasteiger partial charge in [-0.2, -0.15) is 11.8 Å². The van der Waals surface area contributed by atoms with Crippen LogP contribution in [-0.4, -0.2) is 33.6 Å². The zero-order valence-electron chi connectivity index (χ0n) is 9.35. The largest absolute Gasteiger partial charge is 0.383 e. The first-order valence-corrected chi connectivity index (χ1v) is 6.98. The highest BCUT2D eigenvalue weighted by Gasteiger charge is 2.25. The summed E-state index contributed by atoms with van der Waals surface area (Å²) in [5.74, 6) is 1.41. The van der Waals surface area contributed by atoms with Gasteiger partial charge in [0.05, 0.1) is 0 Å². The molecule has 2 heterocycles. The molecule has 0 bridgehead atoms. The summed E-state index contributed by atoms with van der Waals surface area (Å²) >= 11 is 5.48. The summed E-state index contributed by atoms with van der Waals surface area (Å²) in [7, 11) is 0. The molecule has 6 heteroatoms. The minimum atomic E-state index is 0.503. The van der Waals surface area contributed by atoms with E-state index in [1.807, 2.05) is 11.8 Å². The Morgan fingerprint density at radius 1 is 1.38 bits per heavy atom. The molecule has 1 saturated heterocycles. The molecular formula is C10H15BrN4S. The maximum absolute atomic E-state index is 5.77. The Hall–Kier alpha value is -0.490. The van der Waals surface area contributed by atoms with Gasteiger partial charge in [-0.1, -0.05) is 13.8 Å². The minimum absolute atomic E-state index is 0.503. The minimum Gasteiger partial charge on any atom is -0.383 e. The SMILES string of the molecule is CC1CN(c2ncnc(N)c2Br)CC(C)S1. The molecule has 0 spiro atoms. The summed E-state index contributed by atoms with van der Waals surface area (Å²) in [6.07, 6.45) is 1.52. The van der Waals surface area contributed by atoms with Gasteiger partial charge in [-0.3, -0.25) is 0 Å². The lowest BCUT2D eigenvalue weighted by Gasteiger charge is -2.35. The van der Waals surface area contributed by atoms with Crippen molar-refractivity contribution in [2.24, 2.45) is 0 Å². The molecule has 2 unspecified atom stereocenters. The van der Waals surface area contributed by atoms with E-state index in [4.69, 9.17) is 5.73 Å². The van der Waals surface area contributed by atoms with Crippen LogP contribution in [0.4, 0.5) is 11.6 Å². The second-order valence-electron chi connectivity index (χ2n) is 4.06. The van der Waals surface area contributed by atoms with Crippen molar-refractivity contribution in [1.29, 1.82) is 0 Å². The summed E-state index contributed by atoms with van der Waals surface area (Å²) in [5, 5.41) is 1.23.